The van der Waals surface area contributed by atoms with Crippen LogP contribution in [-0.4, -0.2) is 32.0 Å². The van der Waals surface area contributed by atoms with Crippen LogP contribution in [0.15, 0.2) is 67.0 Å². The monoisotopic (exact) mass is 426 g/mol. The average molecular weight is 427 g/mol. The van der Waals surface area contributed by atoms with Crippen LogP contribution < -0.4 is 4.74 Å². The van der Waals surface area contributed by atoms with Gasteiger partial charge in [0.15, 0.2) is 0 Å². The maximum atomic E-state index is 11.3. The van der Waals surface area contributed by atoms with Crippen molar-refractivity contribution in [3.05, 3.63) is 72.7 Å². The van der Waals surface area contributed by atoms with Crippen molar-refractivity contribution in [3.63, 3.8) is 0 Å². The highest BCUT2D eigenvalue weighted by atomic mass is 16.5. The number of aromatic nitrogens is 4. The van der Waals surface area contributed by atoms with Crippen LogP contribution in [0.1, 0.15) is 26.5 Å². The average Bonchev–Trinajstić information content (AvgIpc) is 3.51. The van der Waals surface area contributed by atoms with E-state index in [1.165, 1.54) is 0 Å². The second-order valence-electron chi connectivity index (χ2n) is 8.93. The first kappa shape index (κ1) is 20.0. The summed E-state index contributed by atoms with van der Waals surface area (Å²) in [6, 6.07) is 18.0. The summed E-state index contributed by atoms with van der Waals surface area (Å²) in [5.41, 5.74) is 6.10. The molecule has 0 fully saturated rings. The highest BCUT2D eigenvalue weighted by molar-refractivity contribution is 6.02. The van der Waals surface area contributed by atoms with Crippen LogP contribution in [-0.2, 0) is 5.41 Å². The number of nitrogens with zero attached hydrogens (tertiary/aromatic N) is 2. The Bertz CT molecular complexity index is 1380. The van der Waals surface area contributed by atoms with E-state index < -0.39 is 0 Å². The Kier molecular flexibility index (Phi) is 4.59. The fourth-order valence-corrected chi connectivity index (χ4v) is 4.26. The molecule has 2 aromatic carbocycles. The maximum Gasteiger partial charge on any atom is 0.222 e. The molecule has 6 nitrogen and oxygen atoms in total. The van der Waals surface area contributed by atoms with E-state index in [0.717, 1.165) is 44.9 Å². The zero-order valence-electron chi connectivity index (χ0n) is 18.6. The lowest BCUT2D eigenvalue weighted by Gasteiger charge is -2.18. The van der Waals surface area contributed by atoms with Gasteiger partial charge in [-0.05, 0) is 41.5 Å². The summed E-state index contributed by atoms with van der Waals surface area (Å²) in [6.45, 7) is 6.36. The minimum atomic E-state index is -0.216. The van der Waals surface area contributed by atoms with Crippen LogP contribution in [0.3, 0.4) is 0 Å². The van der Waals surface area contributed by atoms with Crippen LogP contribution >= 0.6 is 0 Å². The van der Waals surface area contributed by atoms with Crippen molar-refractivity contribution in [1.29, 1.82) is 0 Å². The fourth-order valence-electron chi connectivity index (χ4n) is 4.26. The van der Waals surface area contributed by atoms with Gasteiger partial charge in [-0.3, -0.25) is 9.67 Å². The van der Waals surface area contributed by atoms with Crippen molar-refractivity contribution in [2.24, 2.45) is 0 Å². The van der Waals surface area contributed by atoms with Gasteiger partial charge in [0.2, 0.25) is 5.88 Å². The number of aromatic amines is 2. The van der Waals surface area contributed by atoms with Crippen LogP contribution in [0.5, 0.6) is 11.6 Å². The first-order chi connectivity index (χ1) is 15.4. The molecule has 0 amide bonds. The minimum absolute atomic E-state index is 0.123. The van der Waals surface area contributed by atoms with Crippen molar-refractivity contribution in [1.82, 2.24) is 19.7 Å². The number of fused-ring (bicyclic) bond motifs is 1. The molecule has 0 radical (unpaired) electrons. The third-order valence-electron chi connectivity index (χ3n) is 5.79. The van der Waals surface area contributed by atoms with Crippen molar-refractivity contribution < 1.29 is 9.84 Å². The summed E-state index contributed by atoms with van der Waals surface area (Å²) in [6.07, 6.45) is 3.87. The number of nitrogens with one attached hydrogen (secondary N) is 2. The molecule has 32 heavy (non-hydrogen) atoms. The molecular weight excluding hydrogens is 400 g/mol. The van der Waals surface area contributed by atoms with E-state index in [1.54, 1.807) is 7.11 Å². The quantitative estimate of drug-likeness (QED) is 0.328. The zero-order chi connectivity index (χ0) is 22.5. The Morgan fingerprint density at radius 1 is 0.969 bits per heavy atom. The Morgan fingerprint density at radius 2 is 1.72 bits per heavy atom. The summed E-state index contributed by atoms with van der Waals surface area (Å²) in [4.78, 5) is 3.09. The second kappa shape index (κ2) is 7.34. The molecule has 0 aliphatic rings. The molecule has 0 aliphatic heterocycles. The molecule has 0 spiro atoms. The summed E-state index contributed by atoms with van der Waals surface area (Å²) < 4.78 is 7.56. The van der Waals surface area contributed by atoms with Crippen molar-refractivity contribution in [2.45, 2.75) is 26.2 Å². The molecule has 5 rings (SSSR count). The zero-order valence-corrected chi connectivity index (χ0v) is 18.6. The molecule has 6 heteroatoms. The van der Waals surface area contributed by atoms with Crippen molar-refractivity contribution in [2.75, 3.05) is 7.11 Å². The van der Waals surface area contributed by atoms with Gasteiger partial charge in [-0.1, -0.05) is 45.0 Å². The number of para-hydroxylation sites is 1. The van der Waals surface area contributed by atoms with E-state index >= 15 is 0 Å². The van der Waals surface area contributed by atoms with Crippen LogP contribution in [0.2, 0.25) is 0 Å². The molecule has 3 aromatic heterocycles. The number of H-pyrrole nitrogens is 2. The number of ether oxygens (including phenoxy) is 1. The third kappa shape index (κ3) is 3.07. The fraction of sp³-hybridized carbons (Fsp3) is 0.192. The summed E-state index contributed by atoms with van der Waals surface area (Å²) in [5.74, 6) is 0.858. The Hall–Kier alpha value is -3.93. The van der Waals surface area contributed by atoms with Gasteiger partial charge in [0.1, 0.15) is 11.3 Å². The highest BCUT2D eigenvalue weighted by Crippen LogP contribution is 2.46. The third-order valence-corrected chi connectivity index (χ3v) is 5.79. The molecular formula is C26H26N4O2. The molecule has 3 heterocycles. The number of hydrogen-bond acceptors (Lipinski definition) is 3. The standard InChI is InChI=1S/C26H26N4O2/c1-26(2,3)24-21-22(28-29-24)25(31)30(23(21)19-7-5-6-8-20(19)32-4)18-11-9-16(10-12-18)17-13-14-27-15-17/h5-15,27-28,31H,1-4H3. The summed E-state index contributed by atoms with van der Waals surface area (Å²) >= 11 is 0. The van der Waals surface area contributed by atoms with E-state index in [1.807, 2.05) is 59.4 Å². The molecule has 0 saturated carbocycles. The molecule has 0 atom stereocenters. The lowest BCUT2D eigenvalue weighted by Crippen LogP contribution is -2.12. The van der Waals surface area contributed by atoms with Gasteiger partial charge in [-0.2, -0.15) is 5.10 Å². The Labute approximate surface area is 186 Å². The topological polar surface area (TPSA) is 78.9 Å². The van der Waals surface area contributed by atoms with Crippen LogP contribution in [0, 0.1) is 0 Å². The predicted molar refractivity (Wildman–Crippen MR) is 128 cm³/mol. The van der Waals surface area contributed by atoms with Crippen molar-refractivity contribution >= 4 is 10.9 Å². The van der Waals surface area contributed by atoms with Gasteiger partial charge in [0.25, 0.3) is 0 Å². The number of rotatable bonds is 4. The van der Waals surface area contributed by atoms with Crippen molar-refractivity contribution in [3.8, 4) is 39.7 Å². The summed E-state index contributed by atoms with van der Waals surface area (Å²) in [5, 5.41) is 19.9. The first-order valence-electron chi connectivity index (χ1n) is 10.6. The highest BCUT2D eigenvalue weighted by Gasteiger charge is 2.30. The Balaban J connectivity index is 1.81. The smallest absolute Gasteiger partial charge is 0.222 e. The van der Waals surface area contributed by atoms with E-state index in [9.17, 15) is 5.11 Å². The summed E-state index contributed by atoms with van der Waals surface area (Å²) in [7, 11) is 1.66. The number of benzene rings is 2. The first-order valence-corrected chi connectivity index (χ1v) is 10.6. The van der Waals surface area contributed by atoms with Gasteiger partial charge >= 0.3 is 0 Å². The molecule has 162 valence electrons. The SMILES string of the molecule is COc1ccccc1-c1c2c(C(C)(C)C)n[nH]c2c(O)n1-c1ccc(-c2cc[nH]c2)cc1. The van der Waals surface area contributed by atoms with Crippen LogP contribution in [0.4, 0.5) is 0 Å². The van der Waals surface area contributed by atoms with Gasteiger partial charge in [0.05, 0.1) is 23.9 Å². The normalized spacial score (nSPS) is 11.9. The number of methoxy groups -OCH3 is 1. The molecule has 0 aliphatic carbocycles. The van der Waals surface area contributed by atoms with E-state index in [2.05, 4.69) is 48.1 Å². The molecule has 0 saturated heterocycles. The second-order valence-corrected chi connectivity index (χ2v) is 8.93. The van der Waals surface area contributed by atoms with E-state index in [-0.39, 0.29) is 11.3 Å². The molecule has 5 aromatic rings. The van der Waals surface area contributed by atoms with E-state index in [0.29, 0.717) is 5.52 Å². The number of hydrogen-bond donors (Lipinski definition) is 3. The lowest BCUT2D eigenvalue weighted by molar-refractivity contribution is 0.416. The number of aromatic hydroxyl groups is 1. The predicted octanol–water partition coefficient (Wildman–Crippen LogP) is 6.03. The van der Waals surface area contributed by atoms with E-state index in [4.69, 9.17) is 4.74 Å². The van der Waals surface area contributed by atoms with Gasteiger partial charge < -0.3 is 14.8 Å². The van der Waals surface area contributed by atoms with Gasteiger partial charge in [0, 0.05) is 29.1 Å². The largest absolute Gasteiger partial charge is 0.496 e. The maximum absolute atomic E-state index is 11.3. The molecule has 0 bridgehead atoms. The van der Waals surface area contributed by atoms with Gasteiger partial charge in [-0.25, -0.2) is 0 Å². The minimum Gasteiger partial charge on any atom is -0.496 e. The lowest BCUT2D eigenvalue weighted by atomic mass is 9.89. The Morgan fingerprint density at radius 3 is 2.38 bits per heavy atom. The van der Waals surface area contributed by atoms with Gasteiger partial charge in [-0.15, -0.1) is 0 Å². The van der Waals surface area contributed by atoms with Crippen LogP contribution in [0.25, 0.3) is 39.0 Å². The molecule has 0 unspecified atom stereocenters. The molecule has 3 N–H and O–H groups in total.